The van der Waals surface area contributed by atoms with Crippen molar-refractivity contribution in [3.8, 4) is 0 Å². The molecular weight excluding hydrogens is 364 g/mol. The number of aliphatic hydroxyl groups excluding tert-OH is 1. The Bertz CT molecular complexity index is 738. The fourth-order valence-electron chi connectivity index (χ4n) is 2.86. The van der Waals surface area contributed by atoms with Crippen LogP contribution >= 0.6 is 0 Å². The van der Waals surface area contributed by atoms with Gasteiger partial charge in [-0.3, -0.25) is 19.6 Å². The number of allylic oxidation sites excluding steroid dienone is 3. The van der Waals surface area contributed by atoms with Crippen molar-refractivity contribution in [3.63, 3.8) is 0 Å². The van der Waals surface area contributed by atoms with E-state index < -0.39 is 51.7 Å². The lowest BCUT2D eigenvalue weighted by Crippen LogP contribution is -2.46. The monoisotopic (exact) mass is 394 g/mol. The fourth-order valence-corrected chi connectivity index (χ4v) is 2.86. The van der Waals surface area contributed by atoms with E-state index in [1.165, 1.54) is 19.9 Å². The lowest BCUT2D eigenvalue weighted by atomic mass is 9.81. The maximum absolute atomic E-state index is 12.9. The summed E-state index contributed by atoms with van der Waals surface area (Å²) in [5.41, 5.74) is -3.43. The summed E-state index contributed by atoms with van der Waals surface area (Å²) in [6, 6.07) is 0. The van der Waals surface area contributed by atoms with Gasteiger partial charge >= 0.3 is 0 Å². The molecule has 2 unspecified atom stereocenters. The summed E-state index contributed by atoms with van der Waals surface area (Å²) in [6.45, 7) is 9.89. The van der Waals surface area contributed by atoms with E-state index in [0.29, 0.717) is 6.42 Å². The van der Waals surface area contributed by atoms with Crippen LogP contribution in [-0.4, -0.2) is 44.0 Å². The molecule has 0 radical (unpaired) electrons. The first-order chi connectivity index (χ1) is 12.8. The van der Waals surface area contributed by atoms with E-state index in [2.05, 4.69) is 4.89 Å². The lowest BCUT2D eigenvalue weighted by Gasteiger charge is -2.26. The van der Waals surface area contributed by atoms with Gasteiger partial charge in [-0.15, -0.1) is 0 Å². The van der Waals surface area contributed by atoms with Crippen molar-refractivity contribution in [2.75, 3.05) is 0 Å². The Morgan fingerprint density at radius 2 is 1.89 bits per heavy atom. The van der Waals surface area contributed by atoms with Crippen LogP contribution in [0.3, 0.4) is 0 Å². The van der Waals surface area contributed by atoms with E-state index in [4.69, 9.17) is 5.26 Å². The standard InChI is InChI=1S/C21H30O7/c1-7-13(4)17(23)16-18(24)14(9-8-12(2)3)21(26,19(16)25)15(22)10-11-20(5,6)28-27/h8,10-11,13-14,25-27H,7,9H2,1-6H3/b11-10+/t13?,14?,21-/m1/s1. The molecule has 0 bridgehead atoms. The SMILES string of the molecule is CCC(C)C(=O)C1=C(O)[C@](O)(C(=O)/C=C/C(C)(C)OO)C(CC=C(C)C)C1=O. The largest absolute Gasteiger partial charge is 0.508 e. The van der Waals surface area contributed by atoms with Crippen molar-refractivity contribution in [2.45, 2.75) is 65.6 Å². The van der Waals surface area contributed by atoms with Crippen molar-refractivity contribution in [3.05, 3.63) is 35.1 Å². The number of rotatable bonds is 9. The highest BCUT2D eigenvalue weighted by atomic mass is 17.1. The average molecular weight is 394 g/mol. The van der Waals surface area contributed by atoms with Crippen LogP contribution in [-0.2, 0) is 19.3 Å². The molecule has 0 saturated heterocycles. The van der Waals surface area contributed by atoms with Gasteiger partial charge in [-0.25, -0.2) is 4.89 Å². The molecule has 0 aromatic heterocycles. The molecule has 0 aliphatic heterocycles. The van der Waals surface area contributed by atoms with Crippen LogP contribution in [0.4, 0.5) is 0 Å². The van der Waals surface area contributed by atoms with Gasteiger partial charge in [-0.05, 0) is 52.7 Å². The summed E-state index contributed by atoms with van der Waals surface area (Å²) >= 11 is 0. The predicted octanol–water partition coefficient (Wildman–Crippen LogP) is 3.09. The molecule has 28 heavy (non-hydrogen) atoms. The number of carbonyl (C=O) groups is 3. The molecule has 3 N–H and O–H groups in total. The van der Waals surface area contributed by atoms with Gasteiger partial charge < -0.3 is 10.2 Å². The first-order valence-electron chi connectivity index (χ1n) is 9.27. The van der Waals surface area contributed by atoms with Crippen LogP contribution in [0.5, 0.6) is 0 Å². The number of Topliss-reactive ketones (excluding diaryl/α,β-unsaturated/α-hetero) is 2. The molecule has 0 amide bonds. The zero-order chi connectivity index (χ0) is 21.9. The summed E-state index contributed by atoms with van der Waals surface area (Å²) < 4.78 is 0. The first kappa shape index (κ1) is 23.9. The van der Waals surface area contributed by atoms with Gasteiger partial charge in [0.15, 0.2) is 23.0 Å². The number of aliphatic hydroxyl groups is 2. The summed E-state index contributed by atoms with van der Waals surface area (Å²) in [5.74, 6) is -5.09. The Kier molecular flexibility index (Phi) is 7.65. The van der Waals surface area contributed by atoms with Crippen LogP contribution in [0.2, 0.25) is 0 Å². The van der Waals surface area contributed by atoms with Crippen molar-refractivity contribution < 1.29 is 34.7 Å². The smallest absolute Gasteiger partial charge is 0.195 e. The van der Waals surface area contributed by atoms with Crippen molar-refractivity contribution in [1.82, 2.24) is 0 Å². The molecule has 156 valence electrons. The highest BCUT2D eigenvalue weighted by Gasteiger charge is 2.58. The van der Waals surface area contributed by atoms with Gasteiger partial charge in [0.2, 0.25) is 0 Å². The quantitative estimate of drug-likeness (QED) is 0.181. The van der Waals surface area contributed by atoms with Crippen molar-refractivity contribution >= 4 is 17.3 Å². The molecule has 1 aliphatic carbocycles. The Labute approximate surface area is 165 Å². The minimum absolute atomic E-state index is 0.0154. The number of hydrogen-bond donors (Lipinski definition) is 3. The zero-order valence-electron chi connectivity index (χ0n) is 17.3. The molecule has 7 heteroatoms. The van der Waals surface area contributed by atoms with Gasteiger partial charge in [0.25, 0.3) is 0 Å². The molecule has 1 rings (SSSR count). The van der Waals surface area contributed by atoms with Crippen LogP contribution in [0.1, 0.15) is 54.4 Å². The van der Waals surface area contributed by atoms with Crippen molar-refractivity contribution in [2.24, 2.45) is 11.8 Å². The molecule has 0 spiro atoms. The number of ketones is 3. The molecule has 0 heterocycles. The average Bonchev–Trinajstić information content (AvgIpc) is 2.83. The van der Waals surface area contributed by atoms with Crippen LogP contribution in [0.15, 0.2) is 35.1 Å². The van der Waals surface area contributed by atoms with Gasteiger partial charge in [0.1, 0.15) is 16.9 Å². The molecule has 0 saturated carbocycles. The molecule has 3 atom stereocenters. The lowest BCUT2D eigenvalue weighted by molar-refractivity contribution is -0.297. The second kappa shape index (κ2) is 8.94. The van der Waals surface area contributed by atoms with Crippen LogP contribution in [0, 0.1) is 11.8 Å². The predicted molar refractivity (Wildman–Crippen MR) is 104 cm³/mol. The van der Waals surface area contributed by atoms with E-state index in [1.807, 2.05) is 0 Å². The van der Waals surface area contributed by atoms with Crippen LogP contribution in [0.25, 0.3) is 0 Å². The number of carbonyl (C=O) groups excluding carboxylic acids is 3. The fraction of sp³-hybridized carbons (Fsp3) is 0.571. The van der Waals surface area contributed by atoms with Gasteiger partial charge in [-0.1, -0.05) is 25.5 Å². The normalized spacial score (nSPS) is 24.0. The molecule has 0 aromatic rings. The highest BCUT2D eigenvalue weighted by Crippen LogP contribution is 2.41. The minimum atomic E-state index is -2.55. The second-order valence-corrected chi connectivity index (χ2v) is 7.99. The third kappa shape index (κ3) is 4.66. The maximum Gasteiger partial charge on any atom is 0.195 e. The Hall–Kier alpha value is -2.09. The van der Waals surface area contributed by atoms with Crippen LogP contribution < -0.4 is 0 Å². The Morgan fingerprint density at radius 1 is 1.32 bits per heavy atom. The third-order valence-electron chi connectivity index (χ3n) is 4.98. The van der Waals surface area contributed by atoms with Gasteiger partial charge in [-0.2, -0.15) is 0 Å². The van der Waals surface area contributed by atoms with E-state index in [0.717, 1.165) is 11.6 Å². The molecule has 1 aliphatic rings. The summed E-state index contributed by atoms with van der Waals surface area (Å²) in [4.78, 5) is 42.5. The van der Waals surface area contributed by atoms with E-state index in [9.17, 15) is 24.6 Å². The Morgan fingerprint density at radius 3 is 2.36 bits per heavy atom. The molecule has 7 nitrogen and oxygen atoms in total. The van der Waals surface area contributed by atoms with E-state index >= 15 is 0 Å². The van der Waals surface area contributed by atoms with E-state index in [1.54, 1.807) is 33.8 Å². The van der Waals surface area contributed by atoms with Gasteiger partial charge in [0, 0.05) is 5.92 Å². The van der Waals surface area contributed by atoms with Crippen molar-refractivity contribution in [1.29, 1.82) is 0 Å². The second-order valence-electron chi connectivity index (χ2n) is 7.99. The first-order valence-corrected chi connectivity index (χ1v) is 9.27. The molecule has 0 aromatic carbocycles. The summed E-state index contributed by atoms with van der Waals surface area (Å²) in [6.07, 6.45) is 4.22. The summed E-state index contributed by atoms with van der Waals surface area (Å²) in [5, 5.41) is 30.6. The Balaban J connectivity index is 3.50. The highest BCUT2D eigenvalue weighted by molar-refractivity contribution is 6.27. The van der Waals surface area contributed by atoms with Gasteiger partial charge in [0.05, 0.1) is 5.92 Å². The molecular formula is C21H30O7. The van der Waals surface area contributed by atoms with E-state index in [-0.39, 0.29) is 6.42 Å². The maximum atomic E-state index is 12.9. The minimum Gasteiger partial charge on any atom is -0.508 e. The topological polar surface area (TPSA) is 121 Å². The molecule has 0 fully saturated rings. The third-order valence-corrected chi connectivity index (χ3v) is 4.98. The zero-order valence-corrected chi connectivity index (χ0v) is 17.3. The summed E-state index contributed by atoms with van der Waals surface area (Å²) in [7, 11) is 0. The number of hydrogen-bond acceptors (Lipinski definition) is 7.